The van der Waals surface area contributed by atoms with E-state index < -0.39 is 0 Å². The third-order valence-electron chi connectivity index (χ3n) is 4.81. The molecular weight excluding hydrogens is 388 g/mol. The van der Waals surface area contributed by atoms with Crippen LogP contribution >= 0.6 is 0 Å². The van der Waals surface area contributed by atoms with Crippen LogP contribution in [0.5, 0.6) is 5.75 Å². The summed E-state index contributed by atoms with van der Waals surface area (Å²) < 4.78 is 7.89. The van der Waals surface area contributed by atoms with Crippen molar-refractivity contribution in [3.05, 3.63) is 95.9 Å². The maximum absolute atomic E-state index is 5.93. The van der Waals surface area contributed by atoms with Crippen molar-refractivity contribution in [3.8, 4) is 5.75 Å². The van der Waals surface area contributed by atoms with Crippen LogP contribution in [0.25, 0.3) is 5.65 Å². The van der Waals surface area contributed by atoms with E-state index in [1.165, 1.54) is 0 Å². The molecule has 7 nitrogen and oxygen atoms in total. The van der Waals surface area contributed by atoms with Crippen LogP contribution in [-0.2, 0) is 19.7 Å². The van der Waals surface area contributed by atoms with Gasteiger partial charge in [-0.2, -0.15) is 0 Å². The Hall–Kier alpha value is -3.87. The van der Waals surface area contributed by atoms with Crippen molar-refractivity contribution < 1.29 is 4.74 Å². The molecule has 0 unspecified atom stereocenters. The van der Waals surface area contributed by atoms with Gasteiger partial charge in [-0.25, -0.2) is 4.99 Å². The molecule has 0 radical (unpaired) electrons. The molecule has 0 aliphatic heterocycles. The molecule has 0 aliphatic rings. The number of aliphatic imine (C=N–C) groups is 1. The fourth-order valence-corrected chi connectivity index (χ4v) is 3.21. The van der Waals surface area contributed by atoms with Crippen molar-refractivity contribution in [3.63, 3.8) is 0 Å². The number of fused-ring (bicyclic) bond motifs is 1. The van der Waals surface area contributed by atoms with Crippen molar-refractivity contribution in [2.24, 2.45) is 4.99 Å². The third-order valence-corrected chi connectivity index (χ3v) is 4.81. The van der Waals surface area contributed by atoms with Gasteiger partial charge in [-0.05, 0) is 42.3 Å². The molecule has 0 saturated carbocycles. The van der Waals surface area contributed by atoms with Gasteiger partial charge in [0.05, 0.1) is 13.1 Å². The molecule has 2 N–H and O–H groups in total. The van der Waals surface area contributed by atoms with Crippen LogP contribution in [0.3, 0.4) is 0 Å². The highest BCUT2D eigenvalue weighted by Crippen LogP contribution is 2.15. The molecule has 7 heteroatoms. The Bertz CT molecular complexity index is 1140. The Kier molecular flexibility index (Phi) is 6.74. The summed E-state index contributed by atoms with van der Waals surface area (Å²) in [7, 11) is 0. The predicted molar refractivity (Wildman–Crippen MR) is 122 cm³/mol. The van der Waals surface area contributed by atoms with Crippen LogP contribution in [0.1, 0.15) is 23.9 Å². The van der Waals surface area contributed by atoms with Crippen molar-refractivity contribution in [1.29, 1.82) is 0 Å². The molecule has 2 heterocycles. The quantitative estimate of drug-likeness (QED) is 0.341. The van der Waals surface area contributed by atoms with Gasteiger partial charge in [0.1, 0.15) is 12.4 Å². The zero-order valence-corrected chi connectivity index (χ0v) is 17.5. The van der Waals surface area contributed by atoms with Gasteiger partial charge in [0, 0.05) is 12.7 Å². The van der Waals surface area contributed by atoms with Gasteiger partial charge in [-0.1, -0.05) is 48.5 Å². The Labute approximate surface area is 181 Å². The molecule has 0 saturated heterocycles. The molecule has 2 aromatic heterocycles. The van der Waals surface area contributed by atoms with Gasteiger partial charge in [0.2, 0.25) is 0 Å². The fraction of sp³-hybridized carbons (Fsp3) is 0.208. The van der Waals surface area contributed by atoms with Crippen LogP contribution in [0, 0.1) is 0 Å². The molecule has 158 valence electrons. The maximum Gasteiger partial charge on any atom is 0.191 e. The standard InChI is InChI=1S/C24H26N6O/c1-2-25-24(27-17-23-29-28-22-14-8-9-15-30(22)23)26-16-19-10-6-7-11-20(19)18-31-21-12-4-3-5-13-21/h3-15H,2,16-18H2,1H3,(H2,25,26,27). The minimum absolute atomic E-state index is 0.505. The normalized spacial score (nSPS) is 11.5. The monoisotopic (exact) mass is 414 g/mol. The molecular formula is C24H26N6O. The van der Waals surface area contributed by atoms with Gasteiger partial charge < -0.3 is 15.4 Å². The highest BCUT2D eigenvalue weighted by molar-refractivity contribution is 5.79. The summed E-state index contributed by atoms with van der Waals surface area (Å²) in [6.45, 7) is 4.39. The first kappa shape index (κ1) is 20.4. The molecule has 0 spiro atoms. The lowest BCUT2D eigenvalue weighted by Crippen LogP contribution is -2.37. The number of nitrogens with one attached hydrogen (secondary N) is 2. The molecule has 0 amide bonds. The van der Waals surface area contributed by atoms with E-state index in [2.05, 4.69) is 33.0 Å². The van der Waals surface area contributed by atoms with Crippen molar-refractivity contribution >= 4 is 11.6 Å². The molecule has 0 fully saturated rings. The number of hydrogen-bond acceptors (Lipinski definition) is 4. The zero-order chi connectivity index (χ0) is 21.3. The second-order valence-electron chi connectivity index (χ2n) is 6.96. The van der Waals surface area contributed by atoms with E-state index in [9.17, 15) is 0 Å². The van der Waals surface area contributed by atoms with Gasteiger partial charge >= 0.3 is 0 Å². The van der Waals surface area contributed by atoms with Crippen LogP contribution in [-0.4, -0.2) is 27.1 Å². The molecule has 0 bridgehead atoms. The van der Waals surface area contributed by atoms with Gasteiger partial charge in [-0.3, -0.25) is 4.40 Å². The minimum Gasteiger partial charge on any atom is -0.489 e. The predicted octanol–water partition coefficient (Wildman–Crippen LogP) is 3.56. The van der Waals surface area contributed by atoms with E-state index in [1.54, 1.807) is 0 Å². The van der Waals surface area contributed by atoms with Crippen molar-refractivity contribution in [2.45, 2.75) is 26.6 Å². The Balaban J connectivity index is 1.42. The van der Waals surface area contributed by atoms with Crippen LogP contribution in [0.4, 0.5) is 0 Å². The van der Waals surface area contributed by atoms with E-state index in [-0.39, 0.29) is 0 Å². The van der Waals surface area contributed by atoms with Gasteiger partial charge in [0.25, 0.3) is 0 Å². The average Bonchev–Trinajstić information content (AvgIpc) is 3.24. The SMILES string of the molecule is CCNC(=NCc1ccccc1COc1ccccc1)NCc1nnc2ccccn12. The third kappa shape index (κ3) is 5.39. The van der Waals surface area contributed by atoms with Crippen molar-refractivity contribution in [2.75, 3.05) is 6.54 Å². The Morgan fingerprint density at radius 1 is 0.903 bits per heavy atom. The number of para-hydroxylation sites is 1. The molecule has 4 aromatic rings. The number of benzene rings is 2. The molecule has 2 aromatic carbocycles. The largest absolute Gasteiger partial charge is 0.489 e. The number of guanidine groups is 1. The average molecular weight is 415 g/mol. The number of nitrogens with zero attached hydrogens (tertiary/aromatic N) is 4. The van der Waals surface area contributed by atoms with Gasteiger partial charge in [-0.15, -0.1) is 10.2 Å². The smallest absolute Gasteiger partial charge is 0.191 e. The highest BCUT2D eigenvalue weighted by atomic mass is 16.5. The second kappa shape index (κ2) is 10.2. The summed E-state index contributed by atoms with van der Waals surface area (Å²) in [5, 5.41) is 15.1. The number of hydrogen-bond donors (Lipinski definition) is 2. The summed E-state index contributed by atoms with van der Waals surface area (Å²) in [6.07, 6.45) is 1.96. The van der Waals surface area contributed by atoms with E-state index in [0.29, 0.717) is 19.7 Å². The van der Waals surface area contributed by atoms with Crippen LogP contribution in [0.15, 0.2) is 84.0 Å². The molecule has 0 aliphatic carbocycles. The van der Waals surface area contributed by atoms with Gasteiger partial charge in [0.15, 0.2) is 17.4 Å². The number of aromatic nitrogens is 3. The second-order valence-corrected chi connectivity index (χ2v) is 6.96. The van der Waals surface area contributed by atoms with Crippen molar-refractivity contribution in [1.82, 2.24) is 25.2 Å². The number of rotatable bonds is 8. The lowest BCUT2D eigenvalue weighted by molar-refractivity contribution is 0.305. The fourth-order valence-electron chi connectivity index (χ4n) is 3.21. The topological polar surface area (TPSA) is 75.8 Å². The summed E-state index contributed by atoms with van der Waals surface area (Å²) in [6, 6.07) is 23.9. The van der Waals surface area contributed by atoms with E-state index >= 15 is 0 Å². The summed E-state index contributed by atoms with van der Waals surface area (Å²) in [5.74, 6) is 2.42. The summed E-state index contributed by atoms with van der Waals surface area (Å²) in [5.41, 5.74) is 3.08. The Morgan fingerprint density at radius 3 is 2.52 bits per heavy atom. The van der Waals surface area contributed by atoms with E-state index in [1.807, 2.05) is 78.2 Å². The lowest BCUT2D eigenvalue weighted by Gasteiger charge is -2.12. The lowest BCUT2D eigenvalue weighted by atomic mass is 10.1. The minimum atomic E-state index is 0.505. The number of pyridine rings is 1. The zero-order valence-electron chi connectivity index (χ0n) is 17.5. The van der Waals surface area contributed by atoms with E-state index in [0.717, 1.165) is 40.9 Å². The summed E-state index contributed by atoms with van der Waals surface area (Å²) in [4.78, 5) is 4.76. The number of ether oxygens (including phenoxy) is 1. The first-order valence-corrected chi connectivity index (χ1v) is 10.4. The first-order valence-electron chi connectivity index (χ1n) is 10.4. The van der Waals surface area contributed by atoms with Crippen LogP contribution in [0.2, 0.25) is 0 Å². The molecule has 31 heavy (non-hydrogen) atoms. The molecule has 0 atom stereocenters. The van der Waals surface area contributed by atoms with E-state index in [4.69, 9.17) is 9.73 Å². The summed E-state index contributed by atoms with van der Waals surface area (Å²) >= 11 is 0. The molecule has 4 rings (SSSR count). The maximum atomic E-state index is 5.93. The highest BCUT2D eigenvalue weighted by Gasteiger charge is 2.07. The Morgan fingerprint density at radius 2 is 1.68 bits per heavy atom. The first-order chi connectivity index (χ1) is 15.3. The van der Waals surface area contributed by atoms with Crippen LogP contribution < -0.4 is 15.4 Å².